The largest absolute Gasteiger partial charge is 0.497 e. The van der Waals surface area contributed by atoms with Crippen LogP contribution in [0.1, 0.15) is 5.82 Å². The number of hydrogen-bond donors (Lipinski definition) is 0. The van der Waals surface area contributed by atoms with Crippen molar-refractivity contribution in [3.05, 3.63) is 46.5 Å². The van der Waals surface area contributed by atoms with Gasteiger partial charge in [-0.15, -0.1) is 0 Å². The van der Waals surface area contributed by atoms with Crippen LogP contribution in [0.3, 0.4) is 0 Å². The number of methoxy groups -OCH3 is 1. The molecule has 0 saturated heterocycles. The summed E-state index contributed by atoms with van der Waals surface area (Å²) in [6, 6.07) is 8.72. The van der Waals surface area contributed by atoms with Crippen LogP contribution in [-0.4, -0.2) is 17.1 Å². The van der Waals surface area contributed by atoms with Crippen molar-refractivity contribution in [2.75, 3.05) is 7.11 Å². The highest BCUT2D eigenvalue weighted by Gasteiger charge is 2.03. The van der Waals surface area contributed by atoms with Gasteiger partial charge in [-0.3, -0.25) is 0 Å². The third-order valence-electron chi connectivity index (χ3n) is 2.12. The lowest BCUT2D eigenvalue weighted by Crippen LogP contribution is -2.02. The average Bonchev–Trinajstić information content (AvgIpc) is 2.35. The van der Waals surface area contributed by atoms with Crippen LogP contribution in [0.2, 0.25) is 10.3 Å². The van der Waals surface area contributed by atoms with Crippen LogP contribution in [0.5, 0.6) is 11.5 Å². The fourth-order valence-electron chi connectivity index (χ4n) is 1.34. The summed E-state index contributed by atoms with van der Waals surface area (Å²) in [6.45, 7) is 0.188. The van der Waals surface area contributed by atoms with Crippen LogP contribution in [0.4, 0.5) is 0 Å². The van der Waals surface area contributed by atoms with Crippen molar-refractivity contribution in [2.24, 2.45) is 0 Å². The number of halogens is 2. The summed E-state index contributed by atoms with van der Waals surface area (Å²) in [5.41, 5.74) is 0. The maximum atomic E-state index is 5.77. The SMILES string of the molecule is COc1cccc(OCc2nc(Cl)cc(Cl)n2)c1. The Kier molecular flexibility index (Phi) is 4.23. The topological polar surface area (TPSA) is 44.2 Å². The van der Waals surface area contributed by atoms with Gasteiger partial charge in [-0.1, -0.05) is 29.3 Å². The standard InChI is InChI=1S/C12H10Cl2N2O2/c1-17-8-3-2-4-9(5-8)18-7-12-15-10(13)6-11(14)16-12/h2-6H,7H2,1H3. The monoisotopic (exact) mass is 284 g/mol. The second kappa shape index (κ2) is 5.89. The zero-order chi connectivity index (χ0) is 13.0. The summed E-state index contributed by atoms with van der Waals surface area (Å²) < 4.78 is 10.6. The number of aromatic nitrogens is 2. The van der Waals surface area contributed by atoms with Gasteiger partial charge >= 0.3 is 0 Å². The van der Waals surface area contributed by atoms with E-state index in [4.69, 9.17) is 32.7 Å². The first-order valence-corrected chi connectivity index (χ1v) is 5.89. The number of rotatable bonds is 4. The lowest BCUT2D eigenvalue weighted by atomic mass is 10.3. The highest BCUT2D eigenvalue weighted by Crippen LogP contribution is 2.20. The Morgan fingerprint density at radius 1 is 1.06 bits per heavy atom. The fraction of sp³-hybridized carbons (Fsp3) is 0.167. The van der Waals surface area contributed by atoms with Gasteiger partial charge in [0.25, 0.3) is 0 Å². The zero-order valence-corrected chi connectivity index (χ0v) is 11.1. The second-order valence-electron chi connectivity index (χ2n) is 3.40. The summed E-state index contributed by atoms with van der Waals surface area (Å²) in [6.07, 6.45) is 0. The number of nitrogens with zero attached hydrogens (tertiary/aromatic N) is 2. The molecule has 0 aliphatic heterocycles. The van der Waals surface area contributed by atoms with Gasteiger partial charge in [0.05, 0.1) is 7.11 Å². The van der Waals surface area contributed by atoms with E-state index in [2.05, 4.69) is 9.97 Å². The van der Waals surface area contributed by atoms with Crippen molar-refractivity contribution in [3.8, 4) is 11.5 Å². The molecule has 2 aromatic rings. The minimum absolute atomic E-state index is 0.188. The molecule has 6 heteroatoms. The predicted molar refractivity (Wildman–Crippen MR) is 69.4 cm³/mol. The normalized spacial score (nSPS) is 10.2. The molecule has 0 aliphatic carbocycles. The van der Waals surface area contributed by atoms with Crippen LogP contribution in [0.15, 0.2) is 30.3 Å². The minimum Gasteiger partial charge on any atom is -0.497 e. The Morgan fingerprint density at radius 2 is 1.72 bits per heavy atom. The number of benzene rings is 1. The molecule has 0 amide bonds. The molecule has 0 spiro atoms. The molecule has 94 valence electrons. The van der Waals surface area contributed by atoms with Crippen LogP contribution in [0.25, 0.3) is 0 Å². The minimum atomic E-state index is 0.188. The summed E-state index contributed by atoms with van der Waals surface area (Å²) in [5, 5.41) is 0.582. The molecule has 18 heavy (non-hydrogen) atoms. The third kappa shape index (κ3) is 3.48. The number of ether oxygens (including phenoxy) is 2. The van der Waals surface area contributed by atoms with E-state index in [9.17, 15) is 0 Å². The third-order valence-corrected chi connectivity index (χ3v) is 2.51. The van der Waals surface area contributed by atoms with E-state index >= 15 is 0 Å². The summed E-state index contributed by atoms with van der Waals surface area (Å²) in [7, 11) is 1.60. The molecule has 2 rings (SSSR count). The quantitative estimate of drug-likeness (QED) is 0.808. The smallest absolute Gasteiger partial charge is 0.169 e. The van der Waals surface area contributed by atoms with Crippen molar-refractivity contribution < 1.29 is 9.47 Å². The molecule has 0 bridgehead atoms. The van der Waals surface area contributed by atoms with Gasteiger partial charge in [0.15, 0.2) is 5.82 Å². The second-order valence-corrected chi connectivity index (χ2v) is 4.17. The predicted octanol–water partition coefficient (Wildman–Crippen LogP) is 3.37. The molecule has 1 aromatic heterocycles. The van der Waals surface area contributed by atoms with E-state index in [-0.39, 0.29) is 6.61 Å². The molecule has 0 saturated carbocycles. The van der Waals surface area contributed by atoms with Gasteiger partial charge in [-0.05, 0) is 12.1 Å². The highest BCUT2D eigenvalue weighted by molar-refractivity contribution is 6.33. The van der Waals surface area contributed by atoms with Crippen molar-refractivity contribution in [3.63, 3.8) is 0 Å². The fourth-order valence-corrected chi connectivity index (χ4v) is 1.80. The Morgan fingerprint density at radius 3 is 2.39 bits per heavy atom. The lowest BCUT2D eigenvalue weighted by molar-refractivity contribution is 0.293. The summed E-state index contributed by atoms with van der Waals surface area (Å²) in [5.74, 6) is 1.81. The highest BCUT2D eigenvalue weighted by atomic mass is 35.5. The van der Waals surface area contributed by atoms with Crippen LogP contribution >= 0.6 is 23.2 Å². The van der Waals surface area contributed by atoms with Gasteiger partial charge in [-0.25, -0.2) is 9.97 Å². The first-order chi connectivity index (χ1) is 8.67. The van der Waals surface area contributed by atoms with Crippen LogP contribution < -0.4 is 9.47 Å². The molecule has 1 heterocycles. The Hall–Kier alpha value is -1.52. The van der Waals surface area contributed by atoms with Crippen LogP contribution in [-0.2, 0) is 6.61 Å². The van der Waals surface area contributed by atoms with Crippen molar-refractivity contribution in [2.45, 2.75) is 6.61 Å². The maximum Gasteiger partial charge on any atom is 0.169 e. The Labute approximate surface area is 114 Å². The van der Waals surface area contributed by atoms with E-state index < -0.39 is 0 Å². The first kappa shape index (κ1) is 12.9. The molecular formula is C12H10Cl2N2O2. The van der Waals surface area contributed by atoms with Crippen molar-refractivity contribution in [1.29, 1.82) is 0 Å². The zero-order valence-electron chi connectivity index (χ0n) is 9.56. The molecule has 0 unspecified atom stereocenters. The van der Waals surface area contributed by atoms with Crippen LogP contribution in [0, 0.1) is 0 Å². The van der Waals surface area contributed by atoms with Gasteiger partial charge in [0.2, 0.25) is 0 Å². The van der Waals surface area contributed by atoms with Gasteiger partial charge in [0.1, 0.15) is 28.4 Å². The van der Waals surface area contributed by atoms with Gasteiger partial charge in [0, 0.05) is 12.1 Å². The molecule has 0 aliphatic rings. The lowest BCUT2D eigenvalue weighted by Gasteiger charge is -2.07. The van der Waals surface area contributed by atoms with Gasteiger partial charge in [-0.2, -0.15) is 0 Å². The molecule has 0 fully saturated rings. The van der Waals surface area contributed by atoms with Crippen molar-refractivity contribution >= 4 is 23.2 Å². The molecule has 0 atom stereocenters. The van der Waals surface area contributed by atoms with E-state index in [0.717, 1.165) is 5.75 Å². The van der Waals surface area contributed by atoms with Crippen molar-refractivity contribution in [1.82, 2.24) is 9.97 Å². The molecule has 0 N–H and O–H groups in total. The average molecular weight is 285 g/mol. The maximum absolute atomic E-state index is 5.77. The summed E-state index contributed by atoms with van der Waals surface area (Å²) >= 11 is 11.5. The first-order valence-electron chi connectivity index (χ1n) is 5.13. The molecular weight excluding hydrogens is 275 g/mol. The van der Waals surface area contributed by atoms with E-state index in [1.54, 1.807) is 13.2 Å². The molecule has 1 aromatic carbocycles. The Bertz CT molecular complexity index is 529. The summed E-state index contributed by atoms with van der Waals surface area (Å²) in [4.78, 5) is 8.01. The Balaban J connectivity index is 2.06. The van der Waals surface area contributed by atoms with E-state index in [1.807, 2.05) is 18.2 Å². The van der Waals surface area contributed by atoms with E-state index in [1.165, 1.54) is 6.07 Å². The van der Waals surface area contributed by atoms with E-state index in [0.29, 0.717) is 21.9 Å². The van der Waals surface area contributed by atoms with Gasteiger partial charge < -0.3 is 9.47 Å². The molecule has 4 nitrogen and oxygen atoms in total. The molecule has 0 radical (unpaired) electrons. The number of hydrogen-bond acceptors (Lipinski definition) is 4.